The average Bonchev–Trinajstić information content (AvgIpc) is 3.58. The van der Waals surface area contributed by atoms with Gasteiger partial charge in [0.15, 0.2) is 0 Å². The molecule has 2 saturated heterocycles. The molecule has 16 nitrogen and oxygen atoms in total. The van der Waals surface area contributed by atoms with Crippen molar-refractivity contribution in [3.8, 4) is 0 Å². The monoisotopic (exact) mass is 706 g/mol. The summed E-state index contributed by atoms with van der Waals surface area (Å²) in [5, 5.41) is 5.56. The Morgan fingerprint density at radius 2 is 1.53 bits per heavy atom. The third-order valence-corrected chi connectivity index (χ3v) is 9.00. The molecule has 4 amide bonds. The summed E-state index contributed by atoms with van der Waals surface area (Å²) >= 11 is 0. The van der Waals surface area contributed by atoms with Crippen LogP contribution in [-0.4, -0.2) is 118 Å². The predicted molar refractivity (Wildman–Crippen MR) is 177 cm³/mol. The van der Waals surface area contributed by atoms with Crippen LogP contribution in [0.15, 0.2) is 35.3 Å². The van der Waals surface area contributed by atoms with Gasteiger partial charge in [-0.1, -0.05) is 30.3 Å². The van der Waals surface area contributed by atoms with E-state index in [1.807, 2.05) is 6.07 Å². The second kappa shape index (κ2) is 19.0. The maximum absolute atomic E-state index is 13.6. The number of carbonyl (C=O) groups is 6. The zero-order chi connectivity index (χ0) is 36.0. The summed E-state index contributed by atoms with van der Waals surface area (Å²) in [6.45, 7) is 1.45. The summed E-state index contributed by atoms with van der Waals surface area (Å²) < 4.78 is 35.8. The SMILES string of the molecule is COC(=O)CCC(=O)/N=C(/NC(=O)CCC(=O)OC)N1CCC(CNC(=O)[C@@H]2CCCN2C(=O)[C@@H](Cc2ccccc2)NS(C)(=O)=O)CC1. The minimum Gasteiger partial charge on any atom is -0.469 e. The smallest absolute Gasteiger partial charge is 0.306 e. The van der Waals surface area contributed by atoms with Crippen LogP contribution in [0.2, 0.25) is 0 Å². The first-order valence-corrected chi connectivity index (χ1v) is 18.1. The fourth-order valence-electron chi connectivity index (χ4n) is 5.67. The van der Waals surface area contributed by atoms with Gasteiger partial charge in [0.2, 0.25) is 39.6 Å². The number of aliphatic imine (C=N–C) groups is 1. The van der Waals surface area contributed by atoms with Crippen LogP contribution in [0, 0.1) is 5.92 Å². The molecule has 270 valence electrons. The van der Waals surface area contributed by atoms with E-state index in [0.717, 1.165) is 11.8 Å². The van der Waals surface area contributed by atoms with Gasteiger partial charge in [-0.05, 0) is 43.6 Å². The largest absolute Gasteiger partial charge is 0.469 e. The maximum Gasteiger partial charge on any atom is 0.306 e. The highest BCUT2D eigenvalue weighted by Crippen LogP contribution is 2.21. The maximum atomic E-state index is 13.6. The van der Waals surface area contributed by atoms with E-state index in [-0.39, 0.29) is 49.9 Å². The number of ether oxygens (including phenoxy) is 2. The van der Waals surface area contributed by atoms with Crippen molar-refractivity contribution in [1.29, 1.82) is 0 Å². The molecule has 0 unspecified atom stereocenters. The fraction of sp³-hybridized carbons (Fsp3) is 0.594. The topological polar surface area (TPSA) is 210 Å². The first-order chi connectivity index (χ1) is 23.3. The third kappa shape index (κ3) is 13.2. The van der Waals surface area contributed by atoms with Crippen molar-refractivity contribution in [2.24, 2.45) is 10.9 Å². The number of hydrogen-bond donors (Lipinski definition) is 3. The van der Waals surface area contributed by atoms with Gasteiger partial charge in [0.05, 0.1) is 33.3 Å². The van der Waals surface area contributed by atoms with Crippen molar-refractivity contribution >= 4 is 51.6 Å². The molecule has 3 rings (SSSR count). The number of piperidine rings is 1. The fourth-order valence-corrected chi connectivity index (χ4v) is 6.37. The van der Waals surface area contributed by atoms with Crippen molar-refractivity contribution in [3.05, 3.63) is 35.9 Å². The number of esters is 2. The lowest BCUT2D eigenvalue weighted by molar-refractivity contribution is -0.142. The Balaban J connectivity index is 1.58. The number of guanidine groups is 1. The van der Waals surface area contributed by atoms with Gasteiger partial charge in [0.1, 0.15) is 12.1 Å². The van der Waals surface area contributed by atoms with Gasteiger partial charge in [-0.2, -0.15) is 4.99 Å². The van der Waals surface area contributed by atoms with Gasteiger partial charge < -0.3 is 24.6 Å². The van der Waals surface area contributed by atoms with Gasteiger partial charge in [-0.15, -0.1) is 0 Å². The van der Waals surface area contributed by atoms with E-state index < -0.39 is 51.8 Å². The van der Waals surface area contributed by atoms with Crippen LogP contribution in [0.3, 0.4) is 0 Å². The molecule has 2 fully saturated rings. The number of methoxy groups -OCH3 is 2. The molecule has 2 heterocycles. The van der Waals surface area contributed by atoms with Gasteiger partial charge in [-0.25, -0.2) is 13.1 Å². The van der Waals surface area contributed by atoms with Crippen LogP contribution in [-0.2, 0) is 54.7 Å². The minimum absolute atomic E-state index is 0.0140. The Hall–Kier alpha value is -4.38. The van der Waals surface area contributed by atoms with Crippen LogP contribution < -0.4 is 15.4 Å². The summed E-state index contributed by atoms with van der Waals surface area (Å²) in [5.74, 6) is -3.01. The standard InChI is InChI=1S/C32H46N6O10S/c1-47-28(41)13-11-26(39)34-32(35-27(40)12-14-29(42)48-2)37-18-15-23(16-19-37)21-33-30(43)25-10-7-17-38(25)31(44)24(36-49(3,45)46)20-22-8-5-4-6-9-22/h4-6,8-9,23-25,36H,7,10-21H2,1-3H3,(H,33,43)(H,34,35,39,40)/t24-,25+/m1/s1. The van der Waals surface area contributed by atoms with Gasteiger partial charge in [0, 0.05) is 39.0 Å². The summed E-state index contributed by atoms with van der Waals surface area (Å²) in [6.07, 6.45) is 2.64. The van der Waals surface area contributed by atoms with Crippen molar-refractivity contribution in [3.63, 3.8) is 0 Å². The molecule has 17 heteroatoms. The van der Waals surface area contributed by atoms with E-state index in [0.29, 0.717) is 51.9 Å². The molecule has 2 atom stereocenters. The summed E-state index contributed by atoms with van der Waals surface area (Å²) in [4.78, 5) is 82.1. The van der Waals surface area contributed by atoms with Crippen molar-refractivity contribution in [2.75, 3.05) is 46.7 Å². The van der Waals surface area contributed by atoms with Crippen LogP contribution >= 0.6 is 0 Å². The average molecular weight is 707 g/mol. The van der Waals surface area contributed by atoms with E-state index in [1.54, 1.807) is 29.2 Å². The molecule has 0 aromatic heterocycles. The number of hydrogen-bond acceptors (Lipinski definition) is 10. The number of carbonyl (C=O) groups excluding carboxylic acids is 6. The van der Waals surface area contributed by atoms with E-state index in [2.05, 4.69) is 29.8 Å². The Kier molecular flexibility index (Phi) is 15.1. The van der Waals surface area contributed by atoms with Crippen molar-refractivity contribution in [2.45, 2.75) is 69.9 Å². The molecule has 0 saturated carbocycles. The number of nitrogens with one attached hydrogen (secondary N) is 3. The number of amides is 4. The number of benzene rings is 1. The van der Waals surface area contributed by atoms with Gasteiger partial charge in [0.25, 0.3) is 0 Å². The molecule has 1 aromatic rings. The summed E-state index contributed by atoms with van der Waals surface area (Å²) in [6, 6.07) is 7.26. The second-order valence-corrected chi connectivity index (χ2v) is 13.8. The van der Waals surface area contributed by atoms with E-state index in [1.165, 1.54) is 19.1 Å². The second-order valence-electron chi connectivity index (χ2n) is 12.0. The van der Waals surface area contributed by atoms with Crippen LogP contribution in [0.5, 0.6) is 0 Å². The molecule has 0 bridgehead atoms. The summed E-state index contributed by atoms with van der Waals surface area (Å²) in [5.41, 5.74) is 0.781. The van der Waals surface area contributed by atoms with E-state index in [9.17, 15) is 37.2 Å². The van der Waals surface area contributed by atoms with E-state index >= 15 is 0 Å². The van der Waals surface area contributed by atoms with Crippen molar-refractivity contribution in [1.82, 2.24) is 25.2 Å². The molecule has 3 N–H and O–H groups in total. The molecule has 0 aliphatic carbocycles. The van der Waals surface area contributed by atoms with Crippen LogP contribution in [0.25, 0.3) is 0 Å². The Morgan fingerprint density at radius 3 is 2.14 bits per heavy atom. The van der Waals surface area contributed by atoms with Gasteiger partial charge in [-0.3, -0.25) is 34.1 Å². The Bertz CT molecular complexity index is 1480. The number of nitrogens with zero attached hydrogens (tertiary/aromatic N) is 3. The molecular weight excluding hydrogens is 660 g/mol. The highest BCUT2D eigenvalue weighted by Gasteiger charge is 2.38. The number of likely N-dealkylation sites (tertiary alicyclic amines) is 2. The van der Waals surface area contributed by atoms with Crippen LogP contribution in [0.1, 0.15) is 56.9 Å². The Labute approximate surface area is 286 Å². The minimum atomic E-state index is -3.71. The number of sulfonamides is 1. The van der Waals surface area contributed by atoms with Gasteiger partial charge >= 0.3 is 11.9 Å². The molecule has 49 heavy (non-hydrogen) atoms. The zero-order valence-electron chi connectivity index (χ0n) is 28.1. The lowest BCUT2D eigenvalue weighted by atomic mass is 9.96. The molecule has 0 spiro atoms. The first-order valence-electron chi connectivity index (χ1n) is 16.2. The lowest BCUT2D eigenvalue weighted by Crippen LogP contribution is -2.54. The molecule has 2 aliphatic rings. The third-order valence-electron chi connectivity index (χ3n) is 8.29. The first kappa shape index (κ1) is 39.1. The highest BCUT2D eigenvalue weighted by molar-refractivity contribution is 7.88. The normalized spacial score (nSPS) is 17.6. The Morgan fingerprint density at radius 1 is 0.898 bits per heavy atom. The lowest BCUT2D eigenvalue weighted by Gasteiger charge is -2.34. The van der Waals surface area contributed by atoms with Crippen LogP contribution in [0.4, 0.5) is 0 Å². The van der Waals surface area contributed by atoms with Crippen molar-refractivity contribution < 1.29 is 46.7 Å². The molecule has 1 aromatic carbocycles. The molecular formula is C32H46N6O10S. The zero-order valence-corrected chi connectivity index (χ0v) is 29.0. The summed E-state index contributed by atoms with van der Waals surface area (Å²) in [7, 11) is -1.29. The predicted octanol–water partition coefficient (Wildman–Crippen LogP) is -0.129. The number of rotatable bonds is 14. The quantitative estimate of drug-likeness (QED) is 0.132. The van der Waals surface area contributed by atoms with E-state index in [4.69, 9.17) is 0 Å². The molecule has 0 radical (unpaired) electrons. The molecule has 2 aliphatic heterocycles. The highest BCUT2D eigenvalue weighted by atomic mass is 32.2.